The molecular formula is C8H7NS. The molecule has 2 aromatic rings. The van der Waals surface area contributed by atoms with E-state index in [1.165, 1.54) is 4.70 Å². The van der Waals surface area contributed by atoms with E-state index in [1.807, 2.05) is 19.1 Å². The molecule has 1 nitrogen and oxygen atoms in total. The summed E-state index contributed by atoms with van der Waals surface area (Å²) in [6, 6.07) is 6.20. The smallest absolute Gasteiger partial charge is 0.0812 e. The molecule has 0 aliphatic carbocycles. The van der Waals surface area contributed by atoms with Gasteiger partial charge in [0.05, 0.1) is 10.2 Å². The molecule has 0 spiro atoms. The predicted molar refractivity (Wildman–Crippen MR) is 44.4 cm³/mol. The van der Waals surface area contributed by atoms with Crippen LogP contribution >= 0.6 is 11.3 Å². The lowest BCUT2D eigenvalue weighted by Crippen LogP contribution is -1.76. The van der Waals surface area contributed by atoms with Gasteiger partial charge in [0.2, 0.25) is 0 Å². The first kappa shape index (κ1) is 5.86. The summed E-state index contributed by atoms with van der Waals surface area (Å²) < 4.78 is 1.27. The fourth-order valence-corrected chi connectivity index (χ4v) is 1.68. The van der Waals surface area contributed by atoms with Crippen molar-refractivity contribution in [2.75, 3.05) is 0 Å². The normalized spacial score (nSPS) is 10.5. The van der Waals surface area contributed by atoms with Crippen LogP contribution in [0.15, 0.2) is 23.6 Å². The molecule has 0 bridgehead atoms. The summed E-state index contributed by atoms with van der Waals surface area (Å²) in [5.41, 5.74) is 2.20. The molecule has 0 fully saturated rings. The van der Waals surface area contributed by atoms with Gasteiger partial charge in [0, 0.05) is 5.69 Å². The van der Waals surface area contributed by atoms with Gasteiger partial charge in [-0.3, -0.25) is 4.98 Å². The molecule has 2 heteroatoms. The van der Waals surface area contributed by atoms with E-state index in [9.17, 15) is 0 Å². The maximum absolute atomic E-state index is 4.35. The van der Waals surface area contributed by atoms with E-state index in [0.717, 1.165) is 11.2 Å². The third kappa shape index (κ3) is 0.809. The van der Waals surface area contributed by atoms with E-state index in [4.69, 9.17) is 0 Å². The third-order valence-corrected chi connectivity index (χ3v) is 2.32. The number of hydrogen-bond donors (Lipinski definition) is 0. The lowest BCUT2D eigenvalue weighted by atomic mass is 10.3. The fraction of sp³-hybridized carbons (Fsp3) is 0.125. The van der Waals surface area contributed by atoms with Crippen molar-refractivity contribution in [1.29, 1.82) is 0 Å². The standard InChI is InChI=1S/C8H7NS/c1-6-2-3-8-7(9-6)4-5-10-8/h2-5H,1H3. The second-order valence-corrected chi connectivity index (χ2v) is 3.20. The molecule has 0 aromatic carbocycles. The number of nitrogens with zero attached hydrogens (tertiary/aromatic N) is 1. The lowest BCUT2D eigenvalue weighted by molar-refractivity contribution is 1.26. The Balaban J connectivity index is 2.86. The number of aromatic nitrogens is 1. The van der Waals surface area contributed by atoms with Gasteiger partial charge in [0.1, 0.15) is 0 Å². The van der Waals surface area contributed by atoms with Gasteiger partial charge in [0.25, 0.3) is 0 Å². The van der Waals surface area contributed by atoms with Crippen LogP contribution in [0.25, 0.3) is 10.2 Å². The Kier molecular flexibility index (Phi) is 1.21. The minimum atomic E-state index is 1.09. The van der Waals surface area contributed by atoms with Crippen LogP contribution in [-0.4, -0.2) is 4.98 Å². The van der Waals surface area contributed by atoms with Crippen molar-refractivity contribution in [2.24, 2.45) is 0 Å². The summed E-state index contributed by atoms with van der Waals surface area (Å²) in [5.74, 6) is 0. The number of rotatable bonds is 0. The van der Waals surface area contributed by atoms with Crippen LogP contribution in [0.1, 0.15) is 5.69 Å². The highest BCUT2D eigenvalue weighted by molar-refractivity contribution is 7.17. The second-order valence-electron chi connectivity index (χ2n) is 2.26. The zero-order valence-electron chi connectivity index (χ0n) is 5.66. The Morgan fingerprint density at radius 2 is 2.20 bits per heavy atom. The van der Waals surface area contributed by atoms with Crippen LogP contribution in [0.4, 0.5) is 0 Å². The Morgan fingerprint density at radius 3 is 3.10 bits per heavy atom. The predicted octanol–water partition coefficient (Wildman–Crippen LogP) is 2.60. The first-order valence-corrected chi connectivity index (χ1v) is 4.05. The van der Waals surface area contributed by atoms with Gasteiger partial charge in [-0.15, -0.1) is 11.3 Å². The van der Waals surface area contributed by atoms with Crippen molar-refractivity contribution in [1.82, 2.24) is 4.98 Å². The highest BCUT2D eigenvalue weighted by Gasteiger charge is 1.93. The maximum Gasteiger partial charge on any atom is 0.0812 e. The SMILES string of the molecule is Cc1ccc2sccc2n1. The summed E-state index contributed by atoms with van der Waals surface area (Å²) in [5, 5.41) is 2.07. The number of pyridine rings is 1. The Hall–Kier alpha value is -0.890. The average Bonchev–Trinajstić information content (AvgIpc) is 2.33. The Morgan fingerprint density at radius 1 is 1.30 bits per heavy atom. The molecule has 0 amide bonds. The van der Waals surface area contributed by atoms with E-state index < -0.39 is 0 Å². The number of fused-ring (bicyclic) bond motifs is 1. The van der Waals surface area contributed by atoms with E-state index in [1.54, 1.807) is 11.3 Å². The van der Waals surface area contributed by atoms with E-state index >= 15 is 0 Å². The van der Waals surface area contributed by atoms with Gasteiger partial charge in [-0.1, -0.05) is 0 Å². The first-order valence-electron chi connectivity index (χ1n) is 3.17. The molecule has 0 saturated carbocycles. The van der Waals surface area contributed by atoms with Crippen molar-refractivity contribution in [2.45, 2.75) is 6.92 Å². The number of thiophene rings is 1. The maximum atomic E-state index is 4.35. The van der Waals surface area contributed by atoms with E-state index in [-0.39, 0.29) is 0 Å². The van der Waals surface area contributed by atoms with E-state index in [2.05, 4.69) is 16.4 Å². The molecule has 10 heavy (non-hydrogen) atoms. The summed E-state index contributed by atoms with van der Waals surface area (Å²) in [7, 11) is 0. The average molecular weight is 149 g/mol. The quantitative estimate of drug-likeness (QED) is 0.561. The monoisotopic (exact) mass is 149 g/mol. The van der Waals surface area contributed by atoms with Gasteiger partial charge in [-0.2, -0.15) is 0 Å². The molecule has 0 saturated heterocycles. The summed E-state index contributed by atoms with van der Waals surface area (Å²) in [6.45, 7) is 2.01. The number of hydrogen-bond acceptors (Lipinski definition) is 2. The topological polar surface area (TPSA) is 12.9 Å². The third-order valence-electron chi connectivity index (χ3n) is 1.45. The highest BCUT2D eigenvalue weighted by Crippen LogP contribution is 2.17. The van der Waals surface area contributed by atoms with Crippen LogP contribution in [0.5, 0.6) is 0 Å². The fourth-order valence-electron chi connectivity index (χ4n) is 0.955. The van der Waals surface area contributed by atoms with Crippen molar-refractivity contribution in [3.63, 3.8) is 0 Å². The Labute approximate surface area is 63.3 Å². The second kappa shape index (κ2) is 2.06. The molecule has 50 valence electrons. The van der Waals surface area contributed by atoms with Crippen molar-refractivity contribution >= 4 is 21.6 Å². The Bertz CT molecular complexity index is 351. The summed E-state index contributed by atoms with van der Waals surface area (Å²) in [4.78, 5) is 4.35. The van der Waals surface area contributed by atoms with Gasteiger partial charge >= 0.3 is 0 Å². The van der Waals surface area contributed by atoms with Gasteiger partial charge in [-0.25, -0.2) is 0 Å². The molecule has 2 heterocycles. The number of aryl methyl sites for hydroxylation is 1. The molecule has 0 aliphatic heterocycles. The zero-order valence-corrected chi connectivity index (χ0v) is 6.48. The minimum absolute atomic E-state index is 1.09. The van der Waals surface area contributed by atoms with Crippen LogP contribution in [-0.2, 0) is 0 Å². The first-order chi connectivity index (χ1) is 4.86. The molecule has 2 rings (SSSR count). The summed E-state index contributed by atoms with van der Waals surface area (Å²) >= 11 is 1.73. The highest BCUT2D eigenvalue weighted by atomic mass is 32.1. The molecule has 0 N–H and O–H groups in total. The van der Waals surface area contributed by atoms with Crippen molar-refractivity contribution < 1.29 is 0 Å². The summed E-state index contributed by atoms with van der Waals surface area (Å²) in [6.07, 6.45) is 0. The van der Waals surface area contributed by atoms with Crippen LogP contribution in [0.2, 0.25) is 0 Å². The zero-order chi connectivity index (χ0) is 6.97. The van der Waals surface area contributed by atoms with Crippen LogP contribution < -0.4 is 0 Å². The minimum Gasteiger partial charge on any atom is -0.252 e. The van der Waals surface area contributed by atoms with Crippen LogP contribution in [0.3, 0.4) is 0 Å². The molecule has 0 atom stereocenters. The van der Waals surface area contributed by atoms with Gasteiger partial charge in [0.15, 0.2) is 0 Å². The molecule has 0 aliphatic rings. The largest absolute Gasteiger partial charge is 0.252 e. The van der Waals surface area contributed by atoms with Gasteiger partial charge < -0.3 is 0 Å². The van der Waals surface area contributed by atoms with Crippen LogP contribution in [0, 0.1) is 6.92 Å². The van der Waals surface area contributed by atoms with Crippen molar-refractivity contribution in [3.05, 3.63) is 29.3 Å². The van der Waals surface area contributed by atoms with E-state index in [0.29, 0.717) is 0 Å². The molecule has 2 aromatic heterocycles. The molecular weight excluding hydrogens is 142 g/mol. The van der Waals surface area contributed by atoms with Gasteiger partial charge in [-0.05, 0) is 30.5 Å². The molecule has 0 unspecified atom stereocenters. The van der Waals surface area contributed by atoms with Crippen molar-refractivity contribution in [3.8, 4) is 0 Å². The molecule has 0 radical (unpaired) electrons. The lowest BCUT2D eigenvalue weighted by Gasteiger charge is -1.89.